The highest BCUT2D eigenvalue weighted by molar-refractivity contribution is 7.19. The predicted molar refractivity (Wildman–Crippen MR) is 61.2 cm³/mol. The molecule has 15 heavy (non-hydrogen) atoms. The van der Waals surface area contributed by atoms with E-state index in [0.717, 1.165) is 5.69 Å². The van der Waals surface area contributed by atoms with Crippen molar-refractivity contribution in [3.8, 4) is 12.3 Å². The Morgan fingerprint density at radius 1 is 1.73 bits per heavy atom. The smallest absolute Gasteiger partial charge is 0.230 e. The number of hydrogen-bond acceptors (Lipinski definition) is 3. The highest BCUT2D eigenvalue weighted by Gasteiger charge is 2.31. The molecular formula is C10H9ClN2OS. The van der Waals surface area contributed by atoms with Crippen molar-refractivity contribution < 1.29 is 4.79 Å². The zero-order chi connectivity index (χ0) is 11.0. The van der Waals surface area contributed by atoms with E-state index in [1.54, 1.807) is 4.90 Å². The van der Waals surface area contributed by atoms with Gasteiger partial charge in [0, 0.05) is 18.9 Å². The van der Waals surface area contributed by atoms with Gasteiger partial charge in [0.15, 0.2) is 5.13 Å². The molecule has 1 aliphatic rings. The number of aryl methyl sites for hydroxylation is 1. The average molecular weight is 241 g/mol. The number of carbonyl (C=O) groups excluding carboxylic acids is 1. The zero-order valence-corrected chi connectivity index (χ0v) is 9.73. The molecule has 1 fully saturated rings. The normalized spacial score (nSPS) is 20.7. The number of terminal acetylenes is 1. The molecule has 0 N–H and O–H groups in total. The van der Waals surface area contributed by atoms with Crippen LogP contribution in [0.2, 0.25) is 4.34 Å². The summed E-state index contributed by atoms with van der Waals surface area (Å²) in [6.45, 7) is 2.38. The lowest BCUT2D eigenvalue weighted by atomic mass is 10.1. The molecule has 0 aliphatic carbocycles. The predicted octanol–water partition coefficient (Wildman–Crippen LogP) is 2.09. The fourth-order valence-electron chi connectivity index (χ4n) is 1.48. The van der Waals surface area contributed by atoms with E-state index in [4.69, 9.17) is 18.0 Å². The third-order valence-electron chi connectivity index (χ3n) is 2.32. The Hall–Kier alpha value is -1.05. The van der Waals surface area contributed by atoms with Crippen LogP contribution in [-0.2, 0) is 4.79 Å². The molecular weight excluding hydrogens is 232 g/mol. The minimum atomic E-state index is 0.000446. The summed E-state index contributed by atoms with van der Waals surface area (Å²) in [5, 5.41) is 0.653. The number of hydrogen-bond donors (Lipinski definition) is 0. The summed E-state index contributed by atoms with van der Waals surface area (Å²) in [6.07, 6.45) is 5.71. The molecule has 1 amide bonds. The van der Waals surface area contributed by atoms with Crippen LogP contribution in [0.15, 0.2) is 0 Å². The third-order valence-corrected chi connectivity index (χ3v) is 3.79. The molecule has 0 aromatic carbocycles. The number of carbonyl (C=O) groups is 1. The van der Waals surface area contributed by atoms with E-state index < -0.39 is 0 Å². The molecule has 1 aliphatic heterocycles. The average Bonchev–Trinajstić information content (AvgIpc) is 2.71. The van der Waals surface area contributed by atoms with Gasteiger partial charge in [-0.25, -0.2) is 4.98 Å². The number of amides is 1. The highest BCUT2D eigenvalue weighted by Crippen LogP contribution is 2.33. The summed E-state index contributed by atoms with van der Waals surface area (Å²) in [4.78, 5) is 17.5. The van der Waals surface area contributed by atoms with E-state index in [9.17, 15) is 4.79 Å². The summed E-state index contributed by atoms with van der Waals surface area (Å²) in [5.74, 6) is 2.63. The van der Waals surface area contributed by atoms with Gasteiger partial charge < -0.3 is 0 Å². The number of halogens is 1. The fourth-order valence-corrected chi connectivity index (χ4v) is 2.56. The second-order valence-electron chi connectivity index (χ2n) is 3.43. The molecule has 3 nitrogen and oxygen atoms in total. The van der Waals surface area contributed by atoms with Crippen LogP contribution < -0.4 is 4.90 Å². The Balaban J connectivity index is 2.26. The first kappa shape index (κ1) is 10.5. The van der Waals surface area contributed by atoms with Crippen molar-refractivity contribution in [1.82, 2.24) is 4.98 Å². The second kappa shape index (κ2) is 3.84. The SMILES string of the molecule is C#CC1CC(=O)N(c2nc(C)c(Cl)s2)C1. The molecule has 5 heteroatoms. The van der Waals surface area contributed by atoms with Crippen LogP contribution in [0.1, 0.15) is 12.1 Å². The number of aromatic nitrogens is 1. The van der Waals surface area contributed by atoms with Gasteiger partial charge in [0.25, 0.3) is 0 Å². The van der Waals surface area contributed by atoms with Crippen LogP contribution in [0.25, 0.3) is 0 Å². The van der Waals surface area contributed by atoms with Crippen molar-refractivity contribution in [3.05, 3.63) is 10.0 Å². The highest BCUT2D eigenvalue weighted by atomic mass is 35.5. The first-order valence-corrected chi connectivity index (χ1v) is 5.70. The summed E-state index contributed by atoms with van der Waals surface area (Å²) < 4.78 is 0.627. The van der Waals surface area contributed by atoms with Gasteiger partial charge in [-0.1, -0.05) is 22.9 Å². The van der Waals surface area contributed by atoms with Gasteiger partial charge in [-0.15, -0.1) is 12.3 Å². The van der Waals surface area contributed by atoms with Crippen LogP contribution in [0.4, 0.5) is 5.13 Å². The third kappa shape index (κ3) is 1.85. The summed E-state index contributed by atoms with van der Waals surface area (Å²) >= 11 is 7.22. The monoisotopic (exact) mass is 240 g/mol. The number of anilines is 1. The fraction of sp³-hybridized carbons (Fsp3) is 0.400. The molecule has 0 radical (unpaired) electrons. The van der Waals surface area contributed by atoms with Crippen molar-refractivity contribution in [1.29, 1.82) is 0 Å². The maximum absolute atomic E-state index is 11.6. The van der Waals surface area contributed by atoms with Gasteiger partial charge in [0.1, 0.15) is 4.34 Å². The summed E-state index contributed by atoms with van der Waals surface area (Å²) in [6, 6.07) is 0. The topological polar surface area (TPSA) is 33.2 Å². The van der Waals surface area contributed by atoms with Crippen LogP contribution in [0.5, 0.6) is 0 Å². The minimum absolute atomic E-state index is 0.000446. The molecule has 2 heterocycles. The summed E-state index contributed by atoms with van der Waals surface area (Å²) in [7, 11) is 0. The Morgan fingerprint density at radius 3 is 2.93 bits per heavy atom. The lowest BCUT2D eigenvalue weighted by molar-refractivity contribution is -0.117. The van der Waals surface area contributed by atoms with E-state index in [1.807, 2.05) is 6.92 Å². The van der Waals surface area contributed by atoms with E-state index in [0.29, 0.717) is 22.4 Å². The van der Waals surface area contributed by atoms with Crippen molar-refractivity contribution >= 4 is 34.0 Å². The van der Waals surface area contributed by atoms with Gasteiger partial charge in [0.2, 0.25) is 5.91 Å². The number of nitrogens with zero attached hydrogens (tertiary/aromatic N) is 2. The molecule has 1 saturated heterocycles. The Morgan fingerprint density at radius 2 is 2.47 bits per heavy atom. The molecule has 0 bridgehead atoms. The molecule has 0 spiro atoms. The molecule has 0 saturated carbocycles. The number of rotatable bonds is 1. The van der Waals surface area contributed by atoms with Gasteiger partial charge in [-0.2, -0.15) is 0 Å². The first-order valence-electron chi connectivity index (χ1n) is 4.51. The molecule has 1 unspecified atom stereocenters. The maximum atomic E-state index is 11.6. The van der Waals surface area contributed by atoms with Gasteiger partial charge in [-0.3, -0.25) is 9.69 Å². The largest absolute Gasteiger partial charge is 0.287 e. The van der Waals surface area contributed by atoms with Gasteiger partial charge >= 0.3 is 0 Å². The standard InChI is InChI=1S/C10H9ClN2OS/c1-3-7-4-8(14)13(5-7)10-12-6(2)9(11)15-10/h1,7H,4-5H2,2H3. The van der Waals surface area contributed by atoms with E-state index in [1.165, 1.54) is 11.3 Å². The van der Waals surface area contributed by atoms with Gasteiger partial charge in [-0.05, 0) is 6.92 Å². The molecule has 1 atom stereocenters. The first-order chi connectivity index (χ1) is 7.11. The lowest BCUT2D eigenvalue weighted by Crippen LogP contribution is -2.24. The van der Waals surface area contributed by atoms with Crippen molar-refractivity contribution in [2.24, 2.45) is 5.92 Å². The maximum Gasteiger partial charge on any atom is 0.230 e. The van der Waals surface area contributed by atoms with Crippen LogP contribution in [0.3, 0.4) is 0 Å². The molecule has 1 aromatic rings. The van der Waals surface area contributed by atoms with E-state index in [2.05, 4.69) is 10.9 Å². The van der Waals surface area contributed by atoms with Crippen molar-refractivity contribution in [2.75, 3.05) is 11.4 Å². The Kier molecular flexibility index (Phi) is 2.68. The minimum Gasteiger partial charge on any atom is -0.287 e. The zero-order valence-electron chi connectivity index (χ0n) is 8.16. The molecule has 2 rings (SSSR count). The lowest BCUT2D eigenvalue weighted by Gasteiger charge is -2.10. The van der Waals surface area contributed by atoms with Gasteiger partial charge in [0.05, 0.1) is 5.69 Å². The Labute approximate surface area is 97.1 Å². The van der Waals surface area contributed by atoms with Crippen LogP contribution in [0, 0.1) is 25.2 Å². The van der Waals surface area contributed by atoms with Crippen LogP contribution in [-0.4, -0.2) is 17.4 Å². The number of thiazole rings is 1. The van der Waals surface area contributed by atoms with E-state index in [-0.39, 0.29) is 11.8 Å². The van der Waals surface area contributed by atoms with Crippen LogP contribution >= 0.6 is 22.9 Å². The summed E-state index contributed by atoms with van der Waals surface area (Å²) in [5.41, 5.74) is 0.758. The quantitative estimate of drug-likeness (QED) is 0.705. The Bertz CT molecular complexity index is 429. The molecule has 78 valence electrons. The van der Waals surface area contributed by atoms with Crippen molar-refractivity contribution in [3.63, 3.8) is 0 Å². The second-order valence-corrected chi connectivity index (χ2v) is 5.01. The van der Waals surface area contributed by atoms with E-state index >= 15 is 0 Å². The van der Waals surface area contributed by atoms with Crippen molar-refractivity contribution in [2.45, 2.75) is 13.3 Å². The molecule has 1 aromatic heterocycles.